The molecule has 2 aromatic rings. The van der Waals surface area contributed by atoms with Crippen molar-refractivity contribution >= 4 is 28.4 Å². The number of ether oxygens (including phenoxy) is 1. The number of nitrogens with one attached hydrogen (secondary N) is 2. The van der Waals surface area contributed by atoms with Gasteiger partial charge in [-0.2, -0.15) is 0 Å². The first kappa shape index (κ1) is 20.1. The molecule has 0 bridgehead atoms. The largest absolute Gasteiger partial charge is 0.492 e. The zero-order valence-electron chi connectivity index (χ0n) is 14.8. The van der Waals surface area contributed by atoms with E-state index in [2.05, 4.69) is 20.6 Å². The Bertz CT molecular complexity index is 859. The molecule has 0 spiro atoms. The highest BCUT2D eigenvalue weighted by atomic mass is 35.5. The van der Waals surface area contributed by atoms with Gasteiger partial charge in [0.25, 0.3) is 5.91 Å². The number of pyridine rings is 2. The van der Waals surface area contributed by atoms with Gasteiger partial charge in [-0.05, 0) is 31.0 Å². The van der Waals surface area contributed by atoms with Gasteiger partial charge in [-0.3, -0.25) is 9.78 Å². The average molecular weight is 386 g/mol. The minimum absolute atomic E-state index is 0.333. The van der Waals surface area contributed by atoms with E-state index in [0.717, 1.165) is 11.1 Å². The Kier molecular flexibility index (Phi) is 7.47. The van der Waals surface area contributed by atoms with Crippen LogP contribution in [-0.4, -0.2) is 35.6 Å². The van der Waals surface area contributed by atoms with Crippen molar-refractivity contribution in [2.75, 3.05) is 25.0 Å². The number of nitrogens with zero attached hydrogens (tertiary/aromatic N) is 2. The lowest BCUT2D eigenvalue weighted by atomic mass is 10.1. The maximum absolute atomic E-state index is 11.0. The summed E-state index contributed by atoms with van der Waals surface area (Å²) in [7, 11) is 0. The van der Waals surface area contributed by atoms with Gasteiger partial charge in [-0.15, -0.1) is 6.42 Å². The molecule has 0 unspecified atom stereocenters. The number of terminal acetylenes is 1. The summed E-state index contributed by atoms with van der Waals surface area (Å²) in [5.41, 5.74) is 7.65. The Hall–Kier alpha value is -3.24. The van der Waals surface area contributed by atoms with Gasteiger partial charge in [0.2, 0.25) is 0 Å². The molecule has 0 aliphatic carbocycles. The molecule has 0 saturated carbocycles. The smallest absolute Gasteiger partial charge is 0.295 e. The van der Waals surface area contributed by atoms with Crippen LogP contribution in [0.25, 0.3) is 16.2 Å². The number of hydrogen-bond donors (Lipinski definition) is 3. The van der Waals surface area contributed by atoms with Crippen LogP contribution in [0.4, 0.5) is 5.82 Å². The summed E-state index contributed by atoms with van der Waals surface area (Å²) in [5, 5.41) is 5.99. The number of carbonyl (C=O) groups excluding carboxylic acids is 1. The summed E-state index contributed by atoms with van der Waals surface area (Å²) in [6, 6.07) is 5.54. The second-order valence-electron chi connectivity index (χ2n) is 5.27. The molecule has 0 aliphatic rings. The minimum Gasteiger partial charge on any atom is -0.492 e. The Labute approximate surface area is 163 Å². The number of carbonyl (C=O) groups is 1. The van der Waals surface area contributed by atoms with Crippen LogP contribution in [0.3, 0.4) is 0 Å². The molecular weight excluding hydrogens is 366 g/mol. The molecule has 7 nitrogen and oxygen atoms in total. The maximum atomic E-state index is 11.0. The van der Waals surface area contributed by atoms with Crippen molar-refractivity contribution in [3.63, 3.8) is 0 Å². The molecule has 0 fully saturated rings. The van der Waals surface area contributed by atoms with Crippen molar-refractivity contribution in [3.8, 4) is 29.2 Å². The summed E-state index contributed by atoms with van der Waals surface area (Å²) in [4.78, 5) is 19.7. The number of aromatic nitrogens is 2. The van der Waals surface area contributed by atoms with Gasteiger partial charge < -0.3 is 21.1 Å². The number of hydrogen-bond acceptors (Lipinski definition) is 6. The van der Waals surface area contributed by atoms with Gasteiger partial charge in [0, 0.05) is 36.6 Å². The van der Waals surface area contributed by atoms with E-state index >= 15 is 0 Å². The van der Waals surface area contributed by atoms with Gasteiger partial charge in [-0.1, -0.05) is 11.6 Å². The highest BCUT2D eigenvalue weighted by Gasteiger charge is 2.12. The zero-order chi connectivity index (χ0) is 19.6. The molecule has 0 saturated heterocycles. The molecule has 0 radical (unpaired) electrons. The molecule has 2 heterocycles. The summed E-state index contributed by atoms with van der Waals surface area (Å²) in [5.74, 6) is 2.83. The normalized spacial score (nSPS) is 10.8. The standard InChI is InChI=1S/C19H20ClN5O2/c1-3-18(26)23-8-7-22-17-6-5-13(11-24-17)15-9-14(27-4-2)12-25-19(15)16(20)10-21/h1,5-6,9-12H,4,7-8,21H2,2H3,(H,22,24)(H,23,26). The van der Waals surface area contributed by atoms with Gasteiger partial charge in [0.05, 0.1) is 23.5 Å². The second kappa shape index (κ2) is 10.0. The maximum Gasteiger partial charge on any atom is 0.295 e. The molecule has 140 valence electrons. The fourth-order valence-electron chi connectivity index (χ4n) is 2.26. The number of anilines is 1. The third-order valence-electron chi connectivity index (χ3n) is 3.47. The predicted molar refractivity (Wildman–Crippen MR) is 107 cm³/mol. The van der Waals surface area contributed by atoms with Gasteiger partial charge in [0.1, 0.15) is 11.6 Å². The molecule has 0 aliphatic heterocycles. The molecule has 8 heteroatoms. The van der Waals surface area contributed by atoms with E-state index in [1.807, 2.05) is 31.0 Å². The summed E-state index contributed by atoms with van der Waals surface area (Å²) in [6.07, 6.45) is 9.57. The van der Waals surface area contributed by atoms with Crippen LogP contribution in [0.5, 0.6) is 5.75 Å². The molecule has 4 N–H and O–H groups in total. The van der Waals surface area contributed by atoms with E-state index in [0.29, 0.717) is 42.0 Å². The molecule has 27 heavy (non-hydrogen) atoms. The van der Waals surface area contributed by atoms with Crippen LogP contribution in [-0.2, 0) is 4.79 Å². The van der Waals surface area contributed by atoms with Crippen molar-refractivity contribution in [1.82, 2.24) is 15.3 Å². The summed E-state index contributed by atoms with van der Waals surface area (Å²) >= 11 is 6.18. The van der Waals surface area contributed by atoms with Crippen LogP contribution >= 0.6 is 11.6 Å². The third kappa shape index (κ3) is 5.62. The van der Waals surface area contributed by atoms with E-state index in [4.69, 9.17) is 28.5 Å². The monoisotopic (exact) mass is 385 g/mol. The lowest BCUT2D eigenvalue weighted by Gasteiger charge is -2.12. The van der Waals surface area contributed by atoms with Crippen LogP contribution in [0, 0.1) is 12.3 Å². The van der Waals surface area contributed by atoms with Crippen LogP contribution in [0.15, 0.2) is 36.8 Å². The molecule has 1 amide bonds. The van der Waals surface area contributed by atoms with E-state index in [-0.39, 0.29) is 0 Å². The minimum atomic E-state index is -0.445. The van der Waals surface area contributed by atoms with Crippen LogP contribution in [0.1, 0.15) is 12.6 Å². The Morgan fingerprint density at radius 2 is 2.19 bits per heavy atom. The quantitative estimate of drug-likeness (QED) is 0.475. The SMILES string of the molecule is C#CC(=O)NCCNc1ccc(-c2cc(OCC)cnc2C(Cl)=CN)cn1. The van der Waals surface area contributed by atoms with E-state index in [1.165, 1.54) is 6.20 Å². The average Bonchev–Trinajstić information content (AvgIpc) is 2.71. The van der Waals surface area contributed by atoms with Gasteiger partial charge in [0.15, 0.2) is 0 Å². The predicted octanol–water partition coefficient (Wildman–Crippen LogP) is 2.20. The van der Waals surface area contributed by atoms with Crippen molar-refractivity contribution in [3.05, 3.63) is 42.5 Å². The third-order valence-corrected chi connectivity index (χ3v) is 3.77. The molecule has 2 aromatic heterocycles. The van der Waals surface area contributed by atoms with Crippen molar-refractivity contribution in [2.24, 2.45) is 5.73 Å². The Balaban J connectivity index is 2.16. The second-order valence-corrected chi connectivity index (χ2v) is 5.68. The molecule has 0 aromatic carbocycles. The first-order valence-corrected chi connectivity index (χ1v) is 8.62. The number of rotatable bonds is 8. The fraction of sp³-hybridized carbons (Fsp3) is 0.211. The number of amides is 1. The zero-order valence-corrected chi connectivity index (χ0v) is 15.6. The fourth-order valence-corrected chi connectivity index (χ4v) is 2.41. The topological polar surface area (TPSA) is 102 Å². The highest BCUT2D eigenvalue weighted by molar-refractivity contribution is 6.48. The lowest BCUT2D eigenvalue weighted by molar-refractivity contribution is -0.115. The van der Waals surface area contributed by atoms with Crippen LogP contribution in [0.2, 0.25) is 0 Å². The van der Waals surface area contributed by atoms with Gasteiger partial charge in [-0.25, -0.2) is 4.98 Å². The first-order valence-electron chi connectivity index (χ1n) is 8.24. The summed E-state index contributed by atoms with van der Waals surface area (Å²) in [6.45, 7) is 3.31. The number of halogens is 1. The van der Waals surface area contributed by atoms with E-state index < -0.39 is 5.91 Å². The lowest BCUT2D eigenvalue weighted by Crippen LogP contribution is -2.27. The molecule has 2 rings (SSSR count). The van der Waals surface area contributed by atoms with Gasteiger partial charge >= 0.3 is 0 Å². The van der Waals surface area contributed by atoms with E-state index in [1.54, 1.807) is 12.4 Å². The van der Waals surface area contributed by atoms with Crippen LogP contribution < -0.4 is 21.1 Å². The van der Waals surface area contributed by atoms with Crippen molar-refractivity contribution in [2.45, 2.75) is 6.92 Å². The summed E-state index contributed by atoms with van der Waals surface area (Å²) < 4.78 is 5.52. The number of nitrogens with two attached hydrogens (primary N) is 1. The Morgan fingerprint density at radius 3 is 2.81 bits per heavy atom. The van der Waals surface area contributed by atoms with Crippen molar-refractivity contribution in [1.29, 1.82) is 0 Å². The Morgan fingerprint density at radius 1 is 1.37 bits per heavy atom. The molecular formula is C19H20ClN5O2. The van der Waals surface area contributed by atoms with E-state index in [9.17, 15) is 4.79 Å². The first-order chi connectivity index (χ1) is 13.1. The van der Waals surface area contributed by atoms with Crippen molar-refractivity contribution < 1.29 is 9.53 Å². The molecule has 0 atom stereocenters. The highest BCUT2D eigenvalue weighted by Crippen LogP contribution is 2.31.